The molecular formula is C17H14ClFN2. The van der Waals surface area contributed by atoms with E-state index in [1.54, 1.807) is 18.3 Å². The van der Waals surface area contributed by atoms with Gasteiger partial charge in [-0.2, -0.15) is 5.10 Å². The van der Waals surface area contributed by atoms with Crippen LogP contribution in [0.5, 0.6) is 0 Å². The summed E-state index contributed by atoms with van der Waals surface area (Å²) in [5.74, 6) is -0.265. The van der Waals surface area contributed by atoms with Crippen LogP contribution < -0.4 is 5.43 Å². The molecule has 2 nitrogen and oxygen atoms in total. The Morgan fingerprint density at radius 3 is 2.62 bits per heavy atom. The van der Waals surface area contributed by atoms with Crippen LogP contribution in [0, 0.1) is 5.82 Å². The molecule has 0 spiro atoms. The molecule has 2 aromatic carbocycles. The molecule has 0 aromatic heterocycles. The molecule has 2 aromatic rings. The van der Waals surface area contributed by atoms with Crippen LogP contribution in [0.4, 0.5) is 10.1 Å². The molecule has 0 atom stereocenters. The molecule has 0 aliphatic heterocycles. The number of benzene rings is 2. The quantitative estimate of drug-likeness (QED) is 0.638. The van der Waals surface area contributed by atoms with Crippen LogP contribution in [-0.4, -0.2) is 6.21 Å². The fourth-order valence-electron chi connectivity index (χ4n) is 2.33. The topological polar surface area (TPSA) is 24.4 Å². The SMILES string of the molecule is Fc1ccc(N/N=C/C2=C(Cl)c3ccccc3CC2)cc1. The zero-order valence-electron chi connectivity index (χ0n) is 11.3. The maximum Gasteiger partial charge on any atom is 0.123 e. The van der Waals surface area contributed by atoms with Crippen molar-refractivity contribution < 1.29 is 4.39 Å². The Kier molecular flexibility index (Phi) is 4.02. The highest BCUT2D eigenvalue weighted by atomic mass is 35.5. The van der Waals surface area contributed by atoms with E-state index in [-0.39, 0.29) is 5.82 Å². The molecule has 1 aliphatic rings. The summed E-state index contributed by atoms with van der Waals surface area (Å²) >= 11 is 6.43. The van der Waals surface area contributed by atoms with Gasteiger partial charge in [0.25, 0.3) is 0 Å². The van der Waals surface area contributed by atoms with Gasteiger partial charge in [-0.15, -0.1) is 0 Å². The van der Waals surface area contributed by atoms with Gasteiger partial charge in [-0.1, -0.05) is 35.9 Å². The van der Waals surface area contributed by atoms with Crippen molar-refractivity contribution in [2.75, 3.05) is 5.43 Å². The van der Waals surface area contributed by atoms with Crippen molar-refractivity contribution in [2.45, 2.75) is 12.8 Å². The van der Waals surface area contributed by atoms with Crippen LogP contribution >= 0.6 is 11.6 Å². The second kappa shape index (κ2) is 6.10. The number of anilines is 1. The number of hydrogen-bond acceptors (Lipinski definition) is 2. The number of rotatable bonds is 3. The first-order valence-electron chi connectivity index (χ1n) is 6.75. The molecule has 0 unspecified atom stereocenters. The normalized spacial score (nSPS) is 14.4. The van der Waals surface area contributed by atoms with E-state index >= 15 is 0 Å². The van der Waals surface area contributed by atoms with Crippen molar-refractivity contribution in [3.8, 4) is 0 Å². The Morgan fingerprint density at radius 2 is 1.81 bits per heavy atom. The highest BCUT2D eigenvalue weighted by molar-refractivity contribution is 6.50. The predicted molar refractivity (Wildman–Crippen MR) is 86.1 cm³/mol. The Balaban J connectivity index is 1.76. The fourth-order valence-corrected chi connectivity index (χ4v) is 2.66. The average Bonchev–Trinajstić information content (AvgIpc) is 2.52. The number of allylic oxidation sites excluding steroid dienone is 1. The van der Waals surface area contributed by atoms with Crippen LogP contribution in [0.1, 0.15) is 17.5 Å². The number of aryl methyl sites for hydroxylation is 1. The Hall–Kier alpha value is -2.13. The molecule has 21 heavy (non-hydrogen) atoms. The van der Waals surface area contributed by atoms with E-state index in [2.05, 4.69) is 16.6 Å². The number of hydrogen-bond donors (Lipinski definition) is 1. The largest absolute Gasteiger partial charge is 0.279 e. The molecular weight excluding hydrogens is 287 g/mol. The van der Waals surface area contributed by atoms with Gasteiger partial charge in [0, 0.05) is 0 Å². The van der Waals surface area contributed by atoms with E-state index in [0.717, 1.165) is 34.7 Å². The fraction of sp³-hybridized carbons (Fsp3) is 0.118. The second-order valence-corrected chi connectivity index (χ2v) is 5.25. The Bertz CT molecular complexity index is 705. The lowest BCUT2D eigenvalue weighted by Crippen LogP contribution is -2.04. The predicted octanol–water partition coefficient (Wildman–Crippen LogP) is 4.82. The third-order valence-electron chi connectivity index (χ3n) is 3.46. The standard InChI is InChI=1S/C17H14ClFN2/c18-17-13(6-5-12-3-1-2-4-16(12)17)11-20-21-15-9-7-14(19)8-10-15/h1-4,7-11,21H,5-6H2/b20-11+. The number of nitrogens with zero attached hydrogens (tertiary/aromatic N) is 1. The molecule has 0 fully saturated rings. The van der Waals surface area contributed by atoms with Crippen LogP contribution in [0.3, 0.4) is 0 Å². The van der Waals surface area contributed by atoms with E-state index in [0.29, 0.717) is 0 Å². The summed E-state index contributed by atoms with van der Waals surface area (Å²) in [6, 6.07) is 14.2. The van der Waals surface area contributed by atoms with E-state index in [4.69, 9.17) is 11.6 Å². The highest BCUT2D eigenvalue weighted by Gasteiger charge is 2.15. The first-order valence-corrected chi connectivity index (χ1v) is 7.13. The number of nitrogens with one attached hydrogen (secondary N) is 1. The minimum atomic E-state index is -0.265. The Labute approximate surface area is 128 Å². The third-order valence-corrected chi connectivity index (χ3v) is 3.90. The monoisotopic (exact) mass is 300 g/mol. The van der Waals surface area contributed by atoms with Crippen molar-refractivity contribution >= 4 is 28.5 Å². The summed E-state index contributed by atoms with van der Waals surface area (Å²) in [5.41, 5.74) is 6.96. The number of fused-ring (bicyclic) bond motifs is 1. The molecule has 0 bridgehead atoms. The van der Waals surface area contributed by atoms with Gasteiger partial charge in [-0.05, 0) is 53.8 Å². The van der Waals surface area contributed by atoms with E-state index in [1.807, 2.05) is 18.2 Å². The van der Waals surface area contributed by atoms with Gasteiger partial charge >= 0.3 is 0 Å². The molecule has 0 amide bonds. The number of hydrazone groups is 1. The van der Waals surface area contributed by atoms with Gasteiger partial charge in [0.05, 0.1) is 16.9 Å². The van der Waals surface area contributed by atoms with Gasteiger partial charge in [-0.25, -0.2) is 4.39 Å². The van der Waals surface area contributed by atoms with Crippen LogP contribution in [0.2, 0.25) is 0 Å². The van der Waals surface area contributed by atoms with Gasteiger partial charge in [-0.3, -0.25) is 5.43 Å². The first kappa shape index (κ1) is 13.8. The maximum absolute atomic E-state index is 12.8. The van der Waals surface area contributed by atoms with Crippen LogP contribution in [0.15, 0.2) is 59.2 Å². The third kappa shape index (κ3) is 3.14. The Morgan fingerprint density at radius 1 is 1.05 bits per heavy atom. The van der Waals surface area contributed by atoms with Gasteiger partial charge < -0.3 is 0 Å². The summed E-state index contributed by atoms with van der Waals surface area (Å²) in [6.07, 6.45) is 3.57. The lowest BCUT2D eigenvalue weighted by atomic mass is 9.92. The number of halogens is 2. The van der Waals surface area contributed by atoms with Gasteiger partial charge in [0.1, 0.15) is 5.82 Å². The molecule has 0 saturated carbocycles. The minimum Gasteiger partial charge on any atom is -0.279 e. The zero-order valence-corrected chi connectivity index (χ0v) is 12.1. The first-order chi connectivity index (χ1) is 10.2. The highest BCUT2D eigenvalue weighted by Crippen LogP contribution is 2.33. The van der Waals surface area contributed by atoms with Crippen molar-refractivity contribution in [3.63, 3.8) is 0 Å². The molecule has 0 saturated heterocycles. The smallest absolute Gasteiger partial charge is 0.123 e. The average molecular weight is 301 g/mol. The lowest BCUT2D eigenvalue weighted by molar-refractivity contribution is 0.628. The van der Waals surface area contributed by atoms with Gasteiger partial charge in [0.15, 0.2) is 0 Å². The molecule has 106 valence electrons. The lowest BCUT2D eigenvalue weighted by Gasteiger charge is -2.17. The van der Waals surface area contributed by atoms with Crippen LogP contribution in [-0.2, 0) is 6.42 Å². The molecule has 1 aliphatic carbocycles. The molecule has 4 heteroatoms. The zero-order chi connectivity index (χ0) is 14.7. The van der Waals surface area contributed by atoms with Crippen molar-refractivity contribution in [1.82, 2.24) is 0 Å². The summed E-state index contributed by atoms with van der Waals surface area (Å²) in [7, 11) is 0. The summed E-state index contributed by atoms with van der Waals surface area (Å²) in [5, 5.41) is 4.93. The molecule has 0 heterocycles. The molecule has 1 N–H and O–H groups in total. The second-order valence-electron chi connectivity index (χ2n) is 4.87. The van der Waals surface area contributed by atoms with E-state index in [1.165, 1.54) is 17.7 Å². The van der Waals surface area contributed by atoms with Crippen molar-refractivity contribution in [2.24, 2.45) is 5.10 Å². The molecule has 0 radical (unpaired) electrons. The summed E-state index contributed by atoms with van der Waals surface area (Å²) in [6.45, 7) is 0. The maximum atomic E-state index is 12.8. The summed E-state index contributed by atoms with van der Waals surface area (Å²) in [4.78, 5) is 0. The molecule has 3 rings (SSSR count). The van der Waals surface area contributed by atoms with E-state index in [9.17, 15) is 4.39 Å². The minimum absolute atomic E-state index is 0.265. The van der Waals surface area contributed by atoms with Crippen LogP contribution in [0.25, 0.3) is 5.03 Å². The summed E-state index contributed by atoms with van der Waals surface area (Å²) < 4.78 is 12.8. The van der Waals surface area contributed by atoms with Crippen molar-refractivity contribution in [1.29, 1.82) is 0 Å². The van der Waals surface area contributed by atoms with Gasteiger partial charge in [0.2, 0.25) is 0 Å². The van der Waals surface area contributed by atoms with Crippen molar-refractivity contribution in [3.05, 3.63) is 71.0 Å². The van der Waals surface area contributed by atoms with E-state index < -0.39 is 0 Å².